The molecular weight excluding hydrogens is 440 g/mol. The summed E-state index contributed by atoms with van der Waals surface area (Å²) in [4.78, 5) is 28.8. The van der Waals surface area contributed by atoms with Crippen LogP contribution in [0.4, 0.5) is 0 Å². The van der Waals surface area contributed by atoms with E-state index in [9.17, 15) is 9.59 Å². The van der Waals surface area contributed by atoms with Gasteiger partial charge in [-0.25, -0.2) is 4.79 Å². The van der Waals surface area contributed by atoms with Gasteiger partial charge in [-0.1, -0.05) is 60.7 Å². The first-order chi connectivity index (χ1) is 17.1. The zero-order valence-corrected chi connectivity index (χ0v) is 19.7. The van der Waals surface area contributed by atoms with Crippen LogP contribution in [0.2, 0.25) is 0 Å². The molecule has 1 amide bonds. The van der Waals surface area contributed by atoms with E-state index in [1.165, 1.54) is 17.2 Å². The average molecular weight is 469 g/mol. The molecule has 6 nitrogen and oxygen atoms in total. The van der Waals surface area contributed by atoms with Gasteiger partial charge in [0.25, 0.3) is 5.91 Å². The molecular formula is C29H28N2O4. The van der Waals surface area contributed by atoms with Crippen molar-refractivity contribution in [3.8, 4) is 5.75 Å². The molecule has 0 N–H and O–H groups in total. The molecule has 178 valence electrons. The van der Waals surface area contributed by atoms with Crippen LogP contribution in [0, 0.1) is 6.92 Å². The van der Waals surface area contributed by atoms with Gasteiger partial charge >= 0.3 is 5.63 Å². The summed E-state index contributed by atoms with van der Waals surface area (Å²) < 4.78 is 11.0. The first kappa shape index (κ1) is 22.9. The largest absolute Gasteiger partial charge is 0.484 e. The molecule has 0 atom stereocenters. The average Bonchev–Trinajstić information content (AvgIpc) is 2.89. The lowest BCUT2D eigenvalue weighted by molar-refractivity contribution is -0.135. The number of carbonyl (C=O) groups excluding carboxylic acids is 1. The van der Waals surface area contributed by atoms with E-state index in [1.54, 1.807) is 12.1 Å². The molecule has 1 saturated heterocycles. The lowest BCUT2D eigenvalue weighted by atomic mass is 9.96. The van der Waals surface area contributed by atoms with Gasteiger partial charge in [0.2, 0.25) is 0 Å². The van der Waals surface area contributed by atoms with Gasteiger partial charge in [0.15, 0.2) is 6.61 Å². The molecule has 1 fully saturated rings. The second-order valence-corrected chi connectivity index (χ2v) is 8.84. The van der Waals surface area contributed by atoms with E-state index >= 15 is 0 Å². The van der Waals surface area contributed by atoms with Crippen molar-refractivity contribution in [2.75, 3.05) is 32.8 Å². The van der Waals surface area contributed by atoms with Crippen LogP contribution in [0.5, 0.6) is 5.75 Å². The third-order valence-corrected chi connectivity index (χ3v) is 6.55. The third-order valence-electron chi connectivity index (χ3n) is 6.55. The standard InChI is InChI=1S/C29H28N2O4/c1-21-18-28(33)35-26-19-24(12-13-25(21)26)34-20-27(32)30-14-16-31(17-15-30)29(22-8-4-2-5-9-22)23-10-6-3-7-11-23/h2-13,18-19,29H,14-17,20H2,1H3. The number of benzene rings is 3. The topological polar surface area (TPSA) is 63.0 Å². The highest BCUT2D eigenvalue weighted by molar-refractivity contribution is 5.81. The highest BCUT2D eigenvalue weighted by Gasteiger charge is 2.28. The van der Waals surface area contributed by atoms with Crippen LogP contribution in [0.15, 0.2) is 94.1 Å². The summed E-state index contributed by atoms with van der Waals surface area (Å²) in [6, 6.07) is 27.9. The van der Waals surface area contributed by atoms with Crippen molar-refractivity contribution in [1.29, 1.82) is 0 Å². The Morgan fingerprint density at radius 2 is 1.51 bits per heavy atom. The molecule has 1 aliphatic heterocycles. The molecule has 0 saturated carbocycles. The van der Waals surface area contributed by atoms with Crippen molar-refractivity contribution in [3.05, 3.63) is 112 Å². The Hall–Kier alpha value is -3.90. The van der Waals surface area contributed by atoms with E-state index in [0.717, 1.165) is 24.0 Å². The maximum Gasteiger partial charge on any atom is 0.336 e. The van der Waals surface area contributed by atoms with Crippen molar-refractivity contribution >= 4 is 16.9 Å². The number of carbonyl (C=O) groups is 1. The predicted molar refractivity (Wildman–Crippen MR) is 136 cm³/mol. The van der Waals surface area contributed by atoms with E-state index in [-0.39, 0.29) is 18.6 Å². The number of fused-ring (bicyclic) bond motifs is 1. The van der Waals surface area contributed by atoms with E-state index in [4.69, 9.17) is 9.15 Å². The van der Waals surface area contributed by atoms with Gasteiger partial charge < -0.3 is 14.1 Å². The quantitative estimate of drug-likeness (QED) is 0.392. The van der Waals surface area contributed by atoms with Crippen molar-refractivity contribution in [3.63, 3.8) is 0 Å². The highest BCUT2D eigenvalue weighted by Crippen LogP contribution is 2.29. The van der Waals surface area contributed by atoms with Crippen LogP contribution in [-0.4, -0.2) is 48.5 Å². The second-order valence-electron chi connectivity index (χ2n) is 8.84. The Morgan fingerprint density at radius 1 is 0.886 bits per heavy atom. The Morgan fingerprint density at radius 3 is 2.14 bits per heavy atom. The monoisotopic (exact) mass is 468 g/mol. The number of ether oxygens (including phenoxy) is 1. The minimum absolute atomic E-state index is 0.0496. The van der Waals surface area contributed by atoms with Gasteiger partial charge in [0.05, 0.1) is 6.04 Å². The zero-order chi connectivity index (χ0) is 24.2. The summed E-state index contributed by atoms with van der Waals surface area (Å²) >= 11 is 0. The fraction of sp³-hybridized carbons (Fsp3) is 0.241. The van der Waals surface area contributed by atoms with Gasteiger partial charge in [0, 0.05) is 43.7 Å². The number of rotatable bonds is 6. The molecule has 0 aliphatic carbocycles. The molecule has 1 aromatic heterocycles. The summed E-state index contributed by atoms with van der Waals surface area (Å²) in [5.41, 5.74) is 3.41. The number of nitrogens with zero attached hydrogens (tertiary/aromatic N) is 2. The predicted octanol–water partition coefficient (Wildman–Crippen LogP) is 4.41. The summed E-state index contributed by atoms with van der Waals surface area (Å²) in [5.74, 6) is 0.456. The molecule has 6 heteroatoms. The molecule has 0 unspecified atom stereocenters. The minimum atomic E-state index is -0.398. The number of amides is 1. The first-order valence-corrected chi connectivity index (χ1v) is 11.9. The fourth-order valence-corrected chi connectivity index (χ4v) is 4.75. The van der Waals surface area contributed by atoms with Crippen LogP contribution >= 0.6 is 0 Å². The van der Waals surface area contributed by atoms with Crippen molar-refractivity contribution < 1.29 is 13.9 Å². The number of piperazine rings is 1. The third kappa shape index (κ3) is 5.12. The fourth-order valence-electron chi connectivity index (χ4n) is 4.75. The molecule has 3 aromatic carbocycles. The summed E-state index contributed by atoms with van der Waals surface area (Å²) in [6.07, 6.45) is 0. The van der Waals surface area contributed by atoms with Gasteiger partial charge in [0.1, 0.15) is 11.3 Å². The normalized spacial score (nSPS) is 14.4. The Labute approximate surface area is 204 Å². The van der Waals surface area contributed by atoms with Crippen LogP contribution < -0.4 is 10.4 Å². The van der Waals surface area contributed by atoms with Crippen LogP contribution in [-0.2, 0) is 4.79 Å². The smallest absolute Gasteiger partial charge is 0.336 e. The van der Waals surface area contributed by atoms with Crippen molar-refractivity contribution in [2.24, 2.45) is 0 Å². The van der Waals surface area contributed by atoms with E-state index in [1.807, 2.05) is 30.0 Å². The van der Waals surface area contributed by atoms with E-state index in [0.29, 0.717) is 24.4 Å². The van der Waals surface area contributed by atoms with Crippen LogP contribution in [0.3, 0.4) is 0 Å². The Bertz CT molecular complexity index is 1320. The maximum absolute atomic E-state index is 12.9. The van der Waals surface area contributed by atoms with Crippen molar-refractivity contribution in [1.82, 2.24) is 9.80 Å². The number of aryl methyl sites for hydroxylation is 1. The van der Waals surface area contributed by atoms with Gasteiger partial charge in [-0.2, -0.15) is 0 Å². The zero-order valence-electron chi connectivity index (χ0n) is 19.7. The second kappa shape index (κ2) is 10.2. The lowest BCUT2D eigenvalue weighted by Gasteiger charge is -2.39. The molecule has 0 spiro atoms. The minimum Gasteiger partial charge on any atom is -0.484 e. The number of hydrogen-bond donors (Lipinski definition) is 0. The molecule has 2 heterocycles. The summed E-state index contributed by atoms with van der Waals surface area (Å²) in [5, 5.41) is 0.853. The highest BCUT2D eigenvalue weighted by atomic mass is 16.5. The molecule has 4 aromatic rings. The van der Waals surface area contributed by atoms with E-state index < -0.39 is 5.63 Å². The van der Waals surface area contributed by atoms with Gasteiger partial charge in [-0.3, -0.25) is 9.69 Å². The van der Waals surface area contributed by atoms with Gasteiger partial charge in [-0.05, 0) is 35.7 Å². The number of hydrogen-bond acceptors (Lipinski definition) is 5. The lowest BCUT2D eigenvalue weighted by Crippen LogP contribution is -2.51. The molecule has 0 bridgehead atoms. The molecule has 5 rings (SSSR count). The Balaban J connectivity index is 1.22. The SMILES string of the molecule is Cc1cc(=O)oc2cc(OCC(=O)N3CCN(C(c4ccccc4)c4ccccc4)CC3)ccc12. The summed E-state index contributed by atoms with van der Waals surface area (Å²) in [7, 11) is 0. The van der Waals surface area contributed by atoms with Crippen molar-refractivity contribution in [2.45, 2.75) is 13.0 Å². The van der Waals surface area contributed by atoms with Crippen LogP contribution in [0.25, 0.3) is 11.0 Å². The Kier molecular flexibility index (Phi) is 6.64. The molecule has 0 radical (unpaired) electrons. The molecule has 1 aliphatic rings. The van der Waals surface area contributed by atoms with Crippen LogP contribution in [0.1, 0.15) is 22.7 Å². The molecule has 35 heavy (non-hydrogen) atoms. The van der Waals surface area contributed by atoms with Gasteiger partial charge in [-0.15, -0.1) is 0 Å². The maximum atomic E-state index is 12.9. The first-order valence-electron chi connectivity index (χ1n) is 11.9. The summed E-state index contributed by atoms with van der Waals surface area (Å²) in [6.45, 7) is 4.65. The van der Waals surface area contributed by atoms with E-state index in [2.05, 4.69) is 53.4 Å².